The van der Waals surface area contributed by atoms with Gasteiger partial charge in [0.05, 0.1) is 12.8 Å². The average Bonchev–Trinajstić information content (AvgIpc) is 2.46. The first-order valence-corrected chi connectivity index (χ1v) is 6.24. The van der Waals surface area contributed by atoms with E-state index >= 15 is 0 Å². The van der Waals surface area contributed by atoms with E-state index in [1.165, 1.54) is 5.56 Å². The molecule has 0 saturated heterocycles. The van der Waals surface area contributed by atoms with Crippen LogP contribution in [0.25, 0.3) is 0 Å². The number of rotatable bonds is 5. The number of nitrogens with zero attached hydrogens (tertiary/aromatic N) is 2. The summed E-state index contributed by atoms with van der Waals surface area (Å²) >= 11 is 0. The van der Waals surface area contributed by atoms with E-state index in [-0.39, 0.29) is 0 Å². The fraction of sp³-hybridized carbons (Fsp3) is 0.267. The van der Waals surface area contributed by atoms with Gasteiger partial charge < -0.3 is 15.4 Å². The highest BCUT2D eigenvalue weighted by atomic mass is 16.5. The summed E-state index contributed by atoms with van der Waals surface area (Å²) in [6, 6.07) is 9.91. The minimum absolute atomic E-state index is 0.661. The van der Waals surface area contributed by atoms with E-state index < -0.39 is 0 Å². The summed E-state index contributed by atoms with van der Waals surface area (Å²) in [5.74, 6) is 0.716. The number of anilines is 2. The zero-order valence-corrected chi connectivity index (χ0v) is 11.3. The lowest BCUT2D eigenvalue weighted by atomic mass is 10.2. The van der Waals surface area contributed by atoms with E-state index in [0.29, 0.717) is 11.4 Å². The van der Waals surface area contributed by atoms with Crippen LogP contribution in [0.5, 0.6) is 5.75 Å². The fourth-order valence-corrected chi connectivity index (χ4v) is 1.91. The molecule has 0 atom stereocenters. The second-order valence-corrected chi connectivity index (χ2v) is 4.45. The first kappa shape index (κ1) is 13.2. The molecule has 0 saturated carbocycles. The predicted molar refractivity (Wildman–Crippen MR) is 78.6 cm³/mol. The molecule has 4 nitrogen and oxygen atoms in total. The average molecular weight is 257 g/mol. The summed E-state index contributed by atoms with van der Waals surface area (Å²) in [5.41, 5.74) is 8.85. The number of methoxy groups -OCH3 is 1. The molecule has 1 heterocycles. The van der Waals surface area contributed by atoms with E-state index in [9.17, 15) is 0 Å². The van der Waals surface area contributed by atoms with Crippen molar-refractivity contribution in [1.29, 1.82) is 0 Å². The quantitative estimate of drug-likeness (QED) is 0.835. The maximum atomic E-state index is 5.81. The monoisotopic (exact) mass is 257 g/mol. The van der Waals surface area contributed by atoms with Crippen LogP contribution in [-0.2, 0) is 6.42 Å². The Morgan fingerprint density at radius 3 is 2.63 bits per heavy atom. The SMILES string of the molecule is COc1cc(N(C)CCc2ccncc2)ccc1N. The van der Waals surface area contributed by atoms with E-state index in [0.717, 1.165) is 18.7 Å². The van der Waals surface area contributed by atoms with Crippen LogP contribution in [0.15, 0.2) is 42.7 Å². The van der Waals surface area contributed by atoms with Gasteiger partial charge in [0.25, 0.3) is 0 Å². The van der Waals surface area contributed by atoms with Gasteiger partial charge in [-0.1, -0.05) is 0 Å². The van der Waals surface area contributed by atoms with Crippen molar-refractivity contribution < 1.29 is 4.74 Å². The Morgan fingerprint density at radius 2 is 1.95 bits per heavy atom. The molecule has 0 radical (unpaired) electrons. The molecule has 0 aliphatic carbocycles. The zero-order valence-electron chi connectivity index (χ0n) is 11.3. The Kier molecular flexibility index (Phi) is 4.23. The molecule has 0 unspecified atom stereocenters. The number of hydrogen-bond acceptors (Lipinski definition) is 4. The van der Waals surface area contributed by atoms with E-state index in [4.69, 9.17) is 10.5 Å². The van der Waals surface area contributed by atoms with Crippen LogP contribution >= 0.6 is 0 Å². The highest BCUT2D eigenvalue weighted by molar-refractivity contribution is 5.62. The maximum absolute atomic E-state index is 5.81. The van der Waals surface area contributed by atoms with Gasteiger partial charge in [-0.15, -0.1) is 0 Å². The number of likely N-dealkylation sites (N-methyl/N-ethyl adjacent to an activating group) is 1. The van der Waals surface area contributed by atoms with Crippen LogP contribution < -0.4 is 15.4 Å². The molecule has 19 heavy (non-hydrogen) atoms. The van der Waals surface area contributed by atoms with Gasteiger partial charge in [0.15, 0.2) is 0 Å². The van der Waals surface area contributed by atoms with Gasteiger partial charge >= 0.3 is 0 Å². The van der Waals surface area contributed by atoms with Crippen molar-refractivity contribution in [2.45, 2.75) is 6.42 Å². The molecular formula is C15H19N3O. The molecule has 0 amide bonds. The molecule has 100 valence electrons. The third kappa shape index (κ3) is 3.37. The number of hydrogen-bond donors (Lipinski definition) is 1. The third-order valence-electron chi connectivity index (χ3n) is 3.14. The normalized spacial score (nSPS) is 10.2. The maximum Gasteiger partial charge on any atom is 0.143 e. The third-order valence-corrected chi connectivity index (χ3v) is 3.14. The molecule has 0 aliphatic heterocycles. The van der Waals surface area contributed by atoms with Crippen molar-refractivity contribution in [1.82, 2.24) is 4.98 Å². The van der Waals surface area contributed by atoms with Crippen LogP contribution in [0.1, 0.15) is 5.56 Å². The van der Waals surface area contributed by atoms with Gasteiger partial charge in [0, 0.05) is 37.7 Å². The number of ether oxygens (including phenoxy) is 1. The Labute approximate surface area is 113 Å². The Balaban J connectivity index is 2.02. The molecular weight excluding hydrogens is 238 g/mol. The van der Waals surface area contributed by atoms with E-state index in [1.54, 1.807) is 7.11 Å². The van der Waals surface area contributed by atoms with Gasteiger partial charge in [-0.2, -0.15) is 0 Å². The molecule has 1 aromatic heterocycles. The van der Waals surface area contributed by atoms with Crippen molar-refractivity contribution in [3.05, 3.63) is 48.3 Å². The van der Waals surface area contributed by atoms with Gasteiger partial charge in [0.2, 0.25) is 0 Å². The van der Waals surface area contributed by atoms with Crippen molar-refractivity contribution in [2.75, 3.05) is 31.3 Å². The second kappa shape index (κ2) is 6.09. The summed E-state index contributed by atoms with van der Waals surface area (Å²) in [6.45, 7) is 0.928. The summed E-state index contributed by atoms with van der Waals surface area (Å²) < 4.78 is 5.24. The lowest BCUT2D eigenvalue weighted by molar-refractivity contribution is 0.417. The van der Waals surface area contributed by atoms with Crippen molar-refractivity contribution in [3.63, 3.8) is 0 Å². The number of nitrogen functional groups attached to an aromatic ring is 1. The number of pyridine rings is 1. The van der Waals surface area contributed by atoms with E-state index in [1.807, 2.05) is 42.7 Å². The lowest BCUT2D eigenvalue weighted by Gasteiger charge is -2.20. The highest BCUT2D eigenvalue weighted by Crippen LogP contribution is 2.26. The number of nitrogens with two attached hydrogens (primary N) is 1. The summed E-state index contributed by atoms with van der Waals surface area (Å²) in [6.07, 6.45) is 4.62. The molecule has 0 bridgehead atoms. The van der Waals surface area contributed by atoms with E-state index in [2.05, 4.69) is 16.9 Å². The molecule has 2 N–H and O–H groups in total. The van der Waals surface area contributed by atoms with Gasteiger partial charge in [-0.3, -0.25) is 4.98 Å². The van der Waals surface area contributed by atoms with Gasteiger partial charge in [-0.05, 0) is 36.2 Å². The Morgan fingerprint density at radius 1 is 1.21 bits per heavy atom. The summed E-state index contributed by atoms with van der Waals surface area (Å²) in [4.78, 5) is 6.20. The first-order valence-electron chi connectivity index (χ1n) is 6.24. The Hall–Kier alpha value is -2.23. The molecule has 0 spiro atoms. The molecule has 1 aromatic carbocycles. The summed E-state index contributed by atoms with van der Waals surface area (Å²) in [5, 5.41) is 0. The molecule has 2 rings (SSSR count). The standard InChI is InChI=1S/C15H19N3O/c1-18(10-7-12-5-8-17-9-6-12)13-3-4-14(16)15(11-13)19-2/h3-6,8-9,11H,7,10,16H2,1-2H3. The largest absolute Gasteiger partial charge is 0.495 e. The van der Waals surface area contributed by atoms with Crippen LogP contribution in [0.2, 0.25) is 0 Å². The Bertz CT molecular complexity index is 528. The topological polar surface area (TPSA) is 51.4 Å². The fourth-order valence-electron chi connectivity index (χ4n) is 1.91. The van der Waals surface area contributed by atoms with Crippen LogP contribution in [0.3, 0.4) is 0 Å². The molecule has 2 aromatic rings. The van der Waals surface area contributed by atoms with Gasteiger partial charge in [-0.25, -0.2) is 0 Å². The highest BCUT2D eigenvalue weighted by Gasteiger charge is 2.05. The molecule has 0 aliphatic rings. The zero-order chi connectivity index (χ0) is 13.7. The molecule has 0 fully saturated rings. The van der Waals surface area contributed by atoms with Crippen LogP contribution in [-0.4, -0.2) is 25.7 Å². The van der Waals surface area contributed by atoms with Crippen molar-refractivity contribution >= 4 is 11.4 Å². The van der Waals surface area contributed by atoms with Crippen molar-refractivity contribution in [3.8, 4) is 5.75 Å². The predicted octanol–water partition coefficient (Wildman–Crippen LogP) is 2.35. The van der Waals surface area contributed by atoms with Crippen LogP contribution in [0, 0.1) is 0 Å². The first-order chi connectivity index (χ1) is 9.20. The number of aromatic nitrogens is 1. The minimum Gasteiger partial charge on any atom is -0.495 e. The van der Waals surface area contributed by atoms with Gasteiger partial charge in [0.1, 0.15) is 5.75 Å². The molecule has 4 heteroatoms. The second-order valence-electron chi connectivity index (χ2n) is 4.45. The number of benzene rings is 1. The smallest absolute Gasteiger partial charge is 0.143 e. The summed E-state index contributed by atoms with van der Waals surface area (Å²) in [7, 11) is 3.69. The van der Waals surface area contributed by atoms with Crippen molar-refractivity contribution in [2.24, 2.45) is 0 Å². The lowest BCUT2D eigenvalue weighted by Crippen LogP contribution is -2.20. The minimum atomic E-state index is 0.661. The van der Waals surface area contributed by atoms with Crippen LogP contribution in [0.4, 0.5) is 11.4 Å².